The summed E-state index contributed by atoms with van der Waals surface area (Å²) in [6.07, 6.45) is -4.98. The van der Waals surface area contributed by atoms with Gasteiger partial charge in [-0.15, -0.1) is 0 Å². The molecular formula is C13H19NO5. The van der Waals surface area contributed by atoms with Crippen LogP contribution in [0.3, 0.4) is 0 Å². The maximum Gasteiger partial charge on any atom is 0.182 e. The van der Waals surface area contributed by atoms with Crippen LogP contribution in [0.25, 0.3) is 0 Å². The molecule has 0 amide bonds. The van der Waals surface area contributed by atoms with Crippen molar-refractivity contribution in [1.82, 2.24) is 0 Å². The second kappa shape index (κ2) is 7.20. The van der Waals surface area contributed by atoms with Crippen LogP contribution in [0.2, 0.25) is 0 Å². The molecule has 0 fully saturated rings. The van der Waals surface area contributed by atoms with Crippen LogP contribution in [0.1, 0.15) is 5.56 Å². The van der Waals surface area contributed by atoms with Crippen LogP contribution in [-0.2, 0) is 4.79 Å². The van der Waals surface area contributed by atoms with E-state index < -0.39 is 30.7 Å². The van der Waals surface area contributed by atoms with Crippen LogP contribution in [0.5, 0.6) is 0 Å². The summed E-state index contributed by atoms with van der Waals surface area (Å²) in [5.74, 6) is -0.666. The molecule has 0 aromatic heterocycles. The predicted molar refractivity (Wildman–Crippen MR) is 69.8 cm³/mol. The van der Waals surface area contributed by atoms with E-state index in [-0.39, 0.29) is 6.54 Å². The van der Waals surface area contributed by atoms with Crippen molar-refractivity contribution >= 4 is 11.5 Å². The van der Waals surface area contributed by atoms with E-state index in [1.54, 1.807) is 12.1 Å². The summed E-state index contributed by atoms with van der Waals surface area (Å²) in [6.45, 7) is 1.03. The van der Waals surface area contributed by atoms with Gasteiger partial charge in [-0.25, -0.2) is 0 Å². The Kier molecular flexibility index (Phi) is 5.91. The molecule has 0 unspecified atom stereocenters. The third kappa shape index (κ3) is 4.60. The van der Waals surface area contributed by atoms with Crippen LogP contribution in [-0.4, -0.2) is 57.7 Å². The molecular weight excluding hydrogens is 250 g/mol. The molecule has 0 aliphatic rings. The van der Waals surface area contributed by atoms with E-state index in [1.165, 1.54) is 0 Å². The van der Waals surface area contributed by atoms with Gasteiger partial charge in [-0.05, 0) is 19.1 Å². The summed E-state index contributed by atoms with van der Waals surface area (Å²) in [5.41, 5.74) is 1.79. The number of carbonyl (C=O) groups is 1. The number of carbonyl (C=O) groups excluding carboxylic acids is 1. The van der Waals surface area contributed by atoms with Crippen molar-refractivity contribution in [2.45, 2.75) is 25.2 Å². The Hall–Kier alpha value is -1.47. The smallest absolute Gasteiger partial charge is 0.182 e. The van der Waals surface area contributed by atoms with Crippen molar-refractivity contribution < 1.29 is 25.2 Å². The average molecular weight is 269 g/mol. The Morgan fingerprint density at radius 2 is 1.79 bits per heavy atom. The number of aliphatic hydroxyl groups is 4. The third-order valence-electron chi connectivity index (χ3n) is 2.75. The van der Waals surface area contributed by atoms with E-state index in [0.717, 1.165) is 5.56 Å². The standard InChI is InChI=1S/C13H19NO5/c1-8-2-4-9(5-3-8)14-6-10(16)12(18)13(19)11(17)7-15/h2-5,11-15,17-19H,6-7H2,1H3/t11-,12-,13-/m1/s1. The quantitative estimate of drug-likeness (QED) is 0.436. The minimum atomic E-state index is -1.74. The lowest BCUT2D eigenvalue weighted by Gasteiger charge is -2.20. The van der Waals surface area contributed by atoms with Crippen molar-refractivity contribution in [3.63, 3.8) is 0 Å². The van der Waals surface area contributed by atoms with Gasteiger partial charge in [-0.2, -0.15) is 0 Å². The van der Waals surface area contributed by atoms with Crippen molar-refractivity contribution in [3.05, 3.63) is 29.8 Å². The monoisotopic (exact) mass is 269 g/mol. The summed E-state index contributed by atoms with van der Waals surface area (Å²) < 4.78 is 0. The highest BCUT2D eigenvalue weighted by atomic mass is 16.4. The molecule has 0 saturated carbocycles. The summed E-state index contributed by atoms with van der Waals surface area (Å²) >= 11 is 0. The fourth-order valence-corrected chi connectivity index (χ4v) is 1.47. The first kappa shape index (κ1) is 15.6. The Morgan fingerprint density at radius 3 is 2.32 bits per heavy atom. The zero-order chi connectivity index (χ0) is 14.4. The van der Waals surface area contributed by atoms with E-state index in [9.17, 15) is 15.0 Å². The van der Waals surface area contributed by atoms with Gasteiger partial charge in [0.1, 0.15) is 18.3 Å². The lowest BCUT2D eigenvalue weighted by atomic mass is 10.0. The lowest BCUT2D eigenvalue weighted by molar-refractivity contribution is -0.138. The van der Waals surface area contributed by atoms with Crippen molar-refractivity contribution in [1.29, 1.82) is 0 Å². The first-order valence-corrected chi connectivity index (χ1v) is 5.94. The fraction of sp³-hybridized carbons (Fsp3) is 0.462. The molecule has 1 aromatic carbocycles. The first-order chi connectivity index (χ1) is 8.95. The number of rotatable bonds is 7. The Morgan fingerprint density at radius 1 is 1.21 bits per heavy atom. The Balaban J connectivity index is 2.48. The van der Waals surface area contributed by atoms with E-state index in [1.807, 2.05) is 19.1 Å². The molecule has 0 saturated heterocycles. The molecule has 0 aliphatic heterocycles. The minimum absolute atomic E-state index is 0.181. The van der Waals surface area contributed by atoms with E-state index in [4.69, 9.17) is 10.2 Å². The summed E-state index contributed by atoms with van der Waals surface area (Å²) in [4.78, 5) is 11.6. The molecule has 0 radical (unpaired) electrons. The SMILES string of the molecule is Cc1ccc(NCC(=O)[C@@H](O)[C@H](O)[C@H](O)CO)cc1. The average Bonchev–Trinajstić information content (AvgIpc) is 2.43. The Labute approximate surface area is 111 Å². The van der Waals surface area contributed by atoms with Gasteiger partial charge < -0.3 is 25.7 Å². The normalized spacial score (nSPS) is 15.6. The van der Waals surface area contributed by atoms with Gasteiger partial charge in [0, 0.05) is 5.69 Å². The van der Waals surface area contributed by atoms with Crippen LogP contribution >= 0.6 is 0 Å². The topological polar surface area (TPSA) is 110 Å². The number of aryl methyl sites for hydroxylation is 1. The maximum atomic E-state index is 11.6. The number of hydrogen-bond acceptors (Lipinski definition) is 6. The summed E-state index contributed by atoms with van der Waals surface area (Å²) in [7, 11) is 0. The highest BCUT2D eigenvalue weighted by molar-refractivity contribution is 5.87. The number of ketones is 1. The largest absolute Gasteiger partial charge is 0.394 e. The maximum absolute atomic E-state index is 11.6. The zero-order valence-corrected chi connectivity index (χ0v) is 10.7. The molecule has 5 N–H and O–H groups in total. The fourth-order valence-electron chi connectivity index (χ4n) is 1.47. The van der Waals surface area contributed by atoms with Gasteiger partial charge in [-0.1, -0.05) is 17.7 Å². The van der Waals surface area contributed by atoms with Crippen LogP contribution in [0, 0.1) is 6.92 Å². The number of aliphatic hydroxyl groups excluding tert-OH is 4. The van der Waals surface area contributed by atoms with Gasteiger partial charge in [0.25, 0.3) is 0 Å². The number of Topliss-reactive ketones (excluding diaryl/α,β-unsaturated/α-hetero) is 1. The molecule has 19 heavy (non-hydrogen) atoms. The highest BCUT2D eigenvalue weighted by Crippen LogP contribution is 2.09. The molecule has 1 rings (SSSR count). The summed E-state index contributed by atoms with van der Waals surface area (Å²) in [6, 6.07) is 7.31. The second-order valence-corrected chi connectivity index (χ2v) is 4.37. The molecule has 6 nitrogen and oxygen atoms in total. The molecule has 0 aliphatic carbocycles. The second-order valence-electron chi connectivity index (χ2n) is 4.37. The number of benzene rings is 1. The van der Waals surface area contributed by atoms with E-state index in [2.05, 4.69) is 5.32 Å². The molecule has 6 heteroatoms. The minimum Gasteiger partial charge on any atom is -0.394 e. The third-order valence-corrected chi connectivity index (χ3v) is 2.75. The Bertz CT molecular complexity index is 406. The van der Waals surface area contributed by atoms with Crippen LogP contribution in [0.4, 0.5) is 5.69 Å². The van der Waals surface area contributed by atoms with Crippen molar-refractivity contribution in [2.75, 3.05) is 18.5 Å². The predicted octanol–water partition coefficient (Wildman–Crippen LogP) is -0.949. The van der Waals surface area contributed by atoms with Gasteiger partial charge in [0.15, 0.2) is 5.78 Å². The van der Waals surface area contributed by atoms with E-state index >= 15 is 0 Å². The van der Waals surface area contributed by atoms with Crippen LogP contribution < -0.4 is 5.32 Å². The number of nitrogens with one attached hydrogen (secondary N) is 1. The number of hydrogen-bond donors (Lipinski definition) is 5. The molecule has 3 atom stereocenters. The first-order valence-electron chi connectivity index (χ1n) is 5.94. The van der Waals surface area contributed by atoms with E-state index in [0.29, 0.717) is 5.69 Å². The summed E-state index contributed by atoms with van der Waals surface area (Å²) in [5, 5.41) is 39.4. The zero-order valence-electron chi connectivity index (χ0n) is 10.7. The van der Waals surface area contributed by atoms with Crippen molar-refractivity contribution in [3.8, 4) is 0 Å². The number of anilines is 1. The molecule has 1 aromatic rings. The van der Waals surface area contributed by atoms with Gasteiger partial charge in [0.05, 0.1) is 13.2 Å². The van der Waals surface area contributed by atoms with Crippen LogP contribution in [0.15, 0.2) is 24.3 Å². The molecule has 0 spiro atoms. The lowest BCUT2D eigenvalue weighted by Crippen LogP contribution is -2.45. The van der Waals surface area contributed by atoms with Crippen molar-refractivity contribution in [2.24, 2.45) is 0 Å². The molecule has 0 heterocycles. The highest BCUT2D eigenvalue weighted by Gasteiger charge is 2.29. The molecule has 106 valence electrons. The van der Waals surface area contributed by atoms with Gasteiger partial charge in [-0.3, -0.25) is 4.79 Å². The van der Waals surface area contributed by atoms with Gasteiger partial charge >= 0.3 is 0 Å². The molecule has 0 bridgehead atoms. The van der Waals surface area contributed by atoms with Gasteiger partial charge in [0.2, 0.25) is 0 Å².